The fraction of sp³-hybridized carbons (Fsp3) is 0.303. The van der Waals surface area contributed by atoms with E-state index in [1.165, 1.54) is 34.0 Å². The predicted molar refractivity (Wildman–Crippen MR) is 181 cm³/mol. The Kier molecular flexibility index (Phi) is 13.5. The largest absolute Gasteiger partial charge is 0.483 e. The number of nitrogens with one attached hydrogen (secondary N) is 2. The number of carboxylic acids is 2. The number of carbonyl (C=O) groups is 5. The molecule has 47 heavy (non-hydrogen) atoms. The topological polar surface area (TPSA) is 196 Å². The van der Waals surface area contributed by atoms with Crippen LogP contribution < -0.4 is 10.6 Å². The van der Waals surface area contributed by atoms with Crippen molar-refractivity contribution < 1.29 is 39.3 Å². The van der Waals surface area contributed by atoms with E-state index in [4.69, 9.17) is 9.90 Å². The number of rotatable bonds is 13. The highest BCUT2D eigenvalue weighted by Crippen LogP contribution is 2.42. The smallest absolute Gasteiger partial charge is 0.326 e. The normalized spacial score (nSPS) is 12.2. The quantitative estimate of drug-likeness (QED) is 0.0850. The molecule has 5 N–H and O–H groups in total. The lowest BCUT2D eigenvalue weighted by molar-refractivity contribution is -0.140. The zero-order valence-electron chi connectivity index (χ0n) is 26.2. The number of fused-ring (bicyclic) bond motifs is 2. The van der Waals surface area contributed by atoms with Gasteiger partial charge in [-0.2, -0.15) is 0 Å². The van der Waals surface area contributed by atoms with Gasteiger partial charge in [0.25, 0.3) is 18.3 Å². The number of para-hydroxylation sites is 2. The van der Waals surface area contributed by atoms with E-state index in [-0.39, 0.29) is 29.4 Å². The van der Waals surface area contributed by atoms with Crippen molar-refractivity contribution in [3.63, 3.8) is 0 Å². The minimum Gasteiger partial charge on any atom is -0.483 e. The molecule has 12 nitrogen and oxygen atoms in total. The average molecular weight is 681 g/mol. The van der Waals surface area contributed by atoms with E-state index in [9.17, 15) is 29.4 Å². The summed E-state index contributed by atoms with van der Waals surface area (Å²) in [6.45, 7) is 7.34. The molecular formula is C33H36N4O8S2. The van der Waals surface area contributed by atoms with Gasteiger partial charge in [-0.25, -0.2) is 9.59 Å². The van der Waals surface area contributed by atoms with Crippen molar-refractivity contribution in [3.05, 3.63) is 72.1 Å². The Balaban J connectivity index is 0.00000192. The molecule has 0 bridgehead atoms. The Morgan fingerprint density at radius 1 is 0.723 bits per heavy atom. The Labute approximate surface area is 279 Å². The highest BCUT2D eigenvalue weighted by molar-refractivity contribution is 8.76. The minimum absolute atomic E-state index is 0.104. The van der Waals surface area contributed by atoms with Crippen molar-refractivity contribution >= 4 is 73.6 Å². The number of hydrogen-bond acceptors (Lipinski definition) is 9. The first-order chi connectivity index (χ1) is 22.3. The summed E-state index contributed by atoms with van der Waals surface area (Å²) in [6.07, 6.45) is 3.54. The molecule has 0 radical (unpaired) electrons. The molecule has 0 aliphatic heterocycles. The first-order valence-corrected chi connectivity index (χ1v) is 16.8. The molecule has 0 aliphatic rings. The monoisotopic (exact) mass is 680 g/mol. The second kappa shape index (κ2) is 17.3. The summed E-state index contributed by atoms with van der Waals surface area (Å²) in [7, 11) is 2.95. The van der Waals surface area contributed by atoms with E-state index in [0.29, 0.717) is 23.9 Å². The Hall–Kier alpha value is -4.69. The first kappa shape index (κ1) is 36.8. The van der Waals surface area contributed by atoms with E-state index in [1.807, 2.05) is 64.1 Å². The van der Waals surface area contributed by atoms with Gasteiger partial charge in [0, 0.05) is 33.0 Å². The van der Waals surface area contributed by atoms with Crippen LogP contribution in [0.2, 0.25) is 0 Å². The molecule has 4 aromatic rings. The molecule has 2 aromatic carbocycles. The van der Waals surface area contributed by atoms with Gasteiger partial charge in [0.2, 0.25) is 0 Å². The third kappa shape index (κ3) is 10.4. The molecule has 14 heteroatoms. The molecule has 0 aliphatic carbocycles. The Morgan fingerprint density at radius 3 is 1.40 bits per heavy atom. The number of nitrogens with zero attached hydrogens (tertiary/aromatic N) is 2. The zero-order valence-corrected chi connectivity index (χ0v) is 27.8. The summed E-state index contributed by atoms with van der Waals surface area (Å²) in [5.41, 5.74) is 1.94. The summed E-state index contributed by atoms with van der Waals surface area (Å²) >= 11 is 0. The number of benzene rings is 2. The van der Waals surface area contributed by atoms with Crippen LogP contribution in [0.5, 0.6) is 0 Å². The average Bonchev–Trinajstić information content (AvgIpc) is 3.02. The van der Waals surface area contributed by atoms with Gasteiger partial charge in [-0.15, -0.1) is 0 Å². The van der Waals surface area contributed by atoms with E-state index < -0.39 is 35.8 Å². The van der Waals surface area contributed by atoms with E-state index in [2.05, 4.69) is 20.6 Å². The van der Waals surface area contributed by atoms with Crippen molar-refractivity contribution in [3.8, 4) is 0 Å². The van der Waals surface area contributed by atoms with Gasteiger partial charge < -0.3 is 26.0 Å². The third-order valence-corrected chi connectivity index (χ3v) is 9.14. The molecule has 2 aromatic heterocycles. The maximum atomic E-state index is 12.8. The van der Waals surface area contributed by atoms with Gasteiger partial charge in [-0.1, -0.05) is 73.5 Å². The third-order valence-electron chi connectivity index (χ3n) is 6.71. The van der Waals surface area contributed by atoms with Crippen LogP contribution in [-0.4, -0.2) is 67.6 Å². The Morgan fingerprint density at radius 2 is 1.09 bits per heavy atom. The molecule has 4 rings (SSSR count). The van der Waals surface area contributed by atoms with Crippen LogP contribution in [0.25, 0.3) is 21.8 Å². The van der Waals surface area contributed by atoms with E-state index >= 15 is 0 Å². The maximum absolute atomic E-state index is 12.8. The highest BCUT2D eigenvalue weighted by atomic mass is 33.1. The number of aliphatic carboxylic acids is 2. The standard InChI is InChI=1S/C32H34N4O6S2.CH2O2/c1-17(2)11-23(31(39)40)35-29(37)21-13-19-7-5-9-25(27(19)33-15-21)43-44-26-10-6-8-20-14-22(16-34-28(20)26)30(38)36-24(32(41)42)12-18(3)4;2-1-3/h5-10,13-18,23-24H,11-12H2,1-4H3,(H,35,37)(H,36,38)(H,39,40)(H,41,42);1H,(H,2,3)/t23-,24-;/m0./s1. The van der Waals surface area contributed by atoms with Crippen LogP contribution in [0, 0.1) is 11.8 Å². The van der Waals surface area contributed by atoms with Crippen molar-refractivity contribution in [2.45, 2.75) is 62.4 Å². The lowest BCUT2D eigenvalue weighted by Gasteiger charge is -2.16. The van der Waals surface area contributed by atoms with E-state index in [1.54, 1.807) is 12.1 Å². The summed E-state index contributed by atoms with van der Waals surface area (Å²) in [6, 6.07) is 12.7. The second-order valence-electron chi connectivity index (χ2n) is 11.4. The van der Waals surface area contributed by atoms with Gasteiger partial charge >= 0.3 is 11.9 Å². The molecular weight excluding hydrogens is 645 g/mol. The van der Waals surface area contributed by atoms with Gasteiger partial charge in [0.05, 0.1) is 22.2 Å². The fourth-order valence-electron chi connectivity index (χ4n) is 4.61. The Bertz CT molecular complexity index is 1640. The van der Waals surface area contributed by atoms with Gasteiger partial charge in [-0.3, -0.25) is 24.4 Å². The van der Waals surface area contributed by atoms with Crippen LogP contribution >= 0.6 is 21.6 Å². The lowest BCUT2D eigenvalue weighted by Crippen LogP contribution is -2.41. The molecule has 0 unspecified atom stereocenters. The number of pyridine rings is 2. The van der Waals surface area contributed by atoms with Gasteiger partial charge in [-0.05, 0) is 48.9 Å². The molecule has 0 spiro atoms. The predicted octanol–water partition coefficient (Wildman–Crippen LogP) is 5.74. The number of hydrogen-bond donors (Lipinski definition) is 5. The number of carboxylic acid groups (broad SMARTS) is 3. The SMILES string of the molecule is CC(C)C[C@H](NC(=O)c1cnc2c(SSc3cccc4cc(C(=O)N[C@@H](CC(C)C)C(=O)O)cnc34)cccc2c1)C(=O)O.O=CO. The van der Waals surface area contributed by atoms with Crippen molar-refractivity contribution in [2.75, 3.05) is 0 Å². The molecule has 0 saturated carbocycles. The molecule has 0 fully saturated rings. The fourth-order valence-corrected chi connectivity index (χ4v) is 6.90. The summed E-state index contributed by atoms with van der Waals surface area (Å²) < 4.78 is 0. The van der Waals surface area contributed by atoms with Crippen LogP contribution in [0.3, 0.4) is 0 Å². The van der Waals surface area contributed by atoms with Crippen LogP contribution in [0.15, 0.2) is 70.7 Å². The summed E-state index contributed by atoms with van der Waals surface area (Å²) in [4.78, 5) is 68.0. The van der Waals surface area contributed by atoms with E-state index in [0.717, 1.165) is 20.6 Å². The molecule has 0 saturated heterocycles. The minimum atomic E-state index is -1.08. The van der Waals surface area contributed by atoms with Crippen LogP contribution in [0.4, 0.5) is 0 Å². The maximum Gasteiger partial charge on any atom is 0.326 e. The second-order valence-corrected chi connectivity index (χ2v) is 13.6. The van der Waals surface area contributed by atoms with Gasteiger partial charge in [0.15, 0.2) is 0 Å². The summed E-state index contributed by atoms with van der Waals surface area (Å²) in [5.74, 6) is -2.93. The molecule has 248 valence electrons. The zero-order chi connectivity index (χ0) is 34.7. The van der Waals surface area contributed by atoms with Crippen LogP contribution in [-0.2, 0) is 14.4 Å². The lowest BCUT2D eigenvalue weighted by atomic mass is 10.0. The molecule has 2 heterocycles. The van der Waals surface area contributed by atoms with Gasteiger partial charge in [0.1, 0.15) is 12.1 Å². The molecule has 2 atom stereocenters. The van der Waals surface area contributed by atoms with Crippen LogP contribution in [0.1, 0.15) is 61.3 Å². The highest BCUT2D eigenvalue weighted by Gasteiger charge is 2.23. The summed E-state index contributed by atoms with van der Waals surface area (Å²) in [5, 5.41) is 32.5. The number of amides is 2. The van der Waals surface area contributed by atoms with Crippen molar-refractivity contribution in [1.82, 2.24) is 20.6 Å². The number of carbonyl (C=O) groups excluding carboxylic acids is 2. The first-order valence-electron chi connectivity index (χ1n) is 14.6. The molecule has 2 amide bonds. The van der Waals surface area contributed by atoms with Crippen molar-refractivity contribution in [1.29, 1.82) is 0 Å². The number of aromatic nitrogens is 2. The van der Waals surface area contributed by atoms with Crippen molar-refractivity contribution in [2.24, 2.45) is 11.8 Å².